The van der Waals surface area contributed by atoms with E-state index in [4.69, 9.17) is 5.73 Å². The topological polar surface area (TPSA) is 55.1 Å². The van der Waals surface area contributed by atoms with Crippen LogP contribution < -0.4 is 11.1 Å². The molecule has 24 heavy (non-hydrogen) atoms. The SMILES string of the molecule is CC(C)Cc1ccc(CC(=O)NCC(N)c2ccccc2)cc1.Cl. The third kappa shape index (κ3) is 6.73. The van der Waals surface area contributed by atoms with Crippen LogP contribution in [0.25, 0.3) is 0 Å². The highest BCUT2D eigenvalue weighted by Crippen LogP contribution is 2.11. The Morgan fingerprint density at radius 2 is 1.58 bits per heavy atom. The minimum atomic E-state index is -0.173. The molecule has 3 nitrogen and oxygen atoms in total. The van der Waals surface area contributed by atoms with Crippen LogP contribution in [-0.4, -0.2) is 12.5 Å². The third-order valence-electron chi connectivity index (χ3n) is 3.78. The van der Waals surface area contributed by atoms with E-state index in [0.29, 0.717) is 18.9 Å². The van der Waals surface area contributed by atoms with E-state index in [0.717, 1.165) is 17.5 Å². The van der Waals surface area contributed by atoms with Gasteiger partial charge in [0.25, 0.3) is 0 Å². The summed E-state index contributed by atoms with van der Waals surface area (Å²) in [6.45, 7) is 4.86. The summed E-state index contributed by atoms with van der Waals surface area (Å²) in [7, 11) is 0. The van der Waals surface area contributed by atoms with Gasteiger partial charge in [0.1, 0.15) is 0 Å². The Kier molecular flexibility index (Phi) is 8.51. The minimum absolute atomic E-state index is 0. The number of hydrogen-bond acceptors (Lipinski definition) is 2. The number of nitrogens with two attached hydrogens (primary N) is 1. The quantitative estimate of drug-likeness (QED) is 0.803. The zero-order valence-electron chi connectivity index (χ0n) is 14.4. The van der Waals surface area contributed by atoms with Crippen LogP contribution in [-0.2, 0) is 17.6 Å². The number of nitrogens with one attached hydrogen (secondary N) is 1. The molecule has 0 radical (unpaired) electrons. The van der Waals surface area contributed by atoms with Gasteiger partial charge < -0.3 is 11.1 Å². The van der Waals surface area contributed by atoms with Gasteiger partial charge in [0.05, 0.1) is 6.42 Å². The molecule has 0 saturated carbocycles. The molecule has 2 aromatic rings. The fraction of sp³-hybridized carbons (Fsp3) is 0.350. The van der Waals surface area contributed by atoms with Crippen LogP contribution in [0.3, 0.4) is 0 Å². The zero-order chi connectivity index (χ0) is 16.7. The first-order valence-electron chi connectivity index (χ1n) is 8.19. The molecule has 3 N–H and O–H groups in total. The maximum absolute atomic E-state index is 12.0. The van der Waals surface area contributed by atoms with Gasteiger partial charge in [-0.2, -0.15) is 0 Å². The van der Waals surface area contributed by atoms with Crippen molar-refractivity contribution in [3.8, 4) is 0 Å². The summed E-state index contributed by atoms with van der Waals surface area (Å²) >= 11 is 0. The van der Waals surface area contributed by atoms with Gasteiger partial charge in [0.15, 0.2) is 0 Å². The second-order valence-electron chi connectivity index (χ2n) is 6.41. The largest absolute Gasteiger partial charge is 0.354 e. The Labute approximate surface area is 151 Å². The van der Waals surface area contributed by atoms with Gasteiger partial charge in [0.2, 0.25) is 5.91 Å². The van der Waals surface area contributed by atoms with Crippen LogP contribution >= 0.6 is 12.4 Å². The molecule has 0 bridgehead atoms. The Bertz CT molecular complexity index is 611. The highest BCUT2D eigenvalue weighted by atomic mass is 35.5. The van der Waals surface area contributed by atoms with E-state index in [-0.39, 0.29) is 24.4 Å². The summed E-state index contributed by atoms with van der Waals surface area (Å²) in [5.41, 5.74) is 9.47. The van der Waals surface area contributed by atoms with Crippen LogP contribution in [0.2, 0.25) is 0 Å². The van der Waals surface area contributed by atoms with Gasteiger partial charge >= 0.3 is 0 Å². The maximum atomic E-state index is 12.0. The van der Waals surface area contributed by atoms with Crippen molar-refractivity contribution in [3.05, 3.63) is 71.3 Å². The number of benzene rings is 2. The predicted molar refractivity (Wildman–Crippen MR) is 102 cm³/mol. The first-order valence-corrected chi connectivity index (χ1v) is 8.19. The Morgan fingerprint density at radius 3 is 2.17 bits per heavy atom. The van der Waals surface area contributed by atoms with Gasteiger partial charge in [-0.15, -0.1) is 12.4 Å². The van der Waals surface area contributed by atoms with E-state index in [1.165, 1.54) is 5.56 Å². The van der Waals surface area contributed by atoms with Crippen LogP contribution in [0.5, 0.6) is 0 Å². The Morgan fingerprint density at radius 1 is 1.00 bits per heavy atom. The summed E-state index contributed by atoms with van der Waals surface area (Å²) in [5, 5.41) is 2.91. The van der Waals surface area contributed by atoms with Crippen molar-refractivity contribution in [2.24, 2.45) is 11.7 Å². The van der Waals surface area contributed by atoms with E-state index < -0.39 is 0 Å². The zero-order valence-corrected chi connectivity index (χ0v) is 15.2. The normalized spacial score (nSPS) is 11.7. The molecule has 1 atom stereocenters. The molecule has 2 rings (SSSR count). The summed E-state index contributed by atoms with van der Waals surface area (Å²) in [5.74, 6) is 0.650. The first-order chi connectivity index (χ1) is 11.0. The molecule has 0 aromatic heterocycles. The lowest BCUT2D eigenvalue weighted by molar-refractivity contribution is -0.120. The van der Waals surface area contributed by atoms with Crippen LogP contribution in [0.4, 0.5) is 0 Å². The molecule has 0 aliphatic rings. The van der Waals surface area contributed by atoms with E-state index in [2.05, 4.69) is 31.3 Å². The Balaban J connectivity index is 0.00000288. The van der Waals surface area contributed by atoms with Crippen molar-refractivity contribution in [3.63, 3.8) is 0 Å². The lowest BCUT2D eigenvalue weighted by Gasteiger charge is -2.13. The lowest BCUT2D eigenvalue weighted by atomic mass is 10.0. The van der Waals surface area contributed by atoms with Crippen molar-refractivity contribution >= 4 is 18.3 Å². The molecule has 0 heterocycles. The minimum Gasteiger partial charge on any atom is -0.354 e. The third-order valence-corrected chi connectivity index (χ3v) is 3.78. The van der Waals surface area contributed by atoms with Crippen LogP contribution in [0, 0.1) is 5.92 Å². The van der Waals surface area contributed by atoms with E-state index in [1.54, 1.807) is 0 Å². The van der Waals surface area contributed by atoms with Crippen molar-refractivity contribution < 1.29 is 4.79 Å². The van der Waals surface area contributed by atoms with Crippen molar-refractivity contribution in [2.75, 3.05) is 6.54 Å². The van der Waals surface area contributed by atoms with E-state index >= 15 is 0 Å². The summed E-state index contributed by atoms with van der Waals surface area (Å²) < 4.78 is 0. The molecule has 0 fully saturated rings. The number of rotatable bonds is 7. The summed E-state index contributed by atoms with van der Waals surface area (Å²) in [6.07, 6.45) is 1.46. The fourth-order valence-corrected chi connectivity index (χ4v) is 2.55. The molecule has 130 valence electrons. The molecule has 1 amide bonds. The molecule has 2 aromatic carbocycles. The first kappa shape index (κ1) is 20.2. The second kappa shape index (κ2) is 10.1. The average molecular weight is 347 g/mol. The molecule has 0 aliphatic carbocycles. The molecule has 4 heteroatoms. The van der Waals surface area contributed by atoms with Gasteiger partial charge in [-0.1, -0.05) is 68.4 Å². The van der Waals surface area contributed by atoms with Gasteiger partial charge in [-0.05, 0) is 29.0 Å². The number of amides is 1. The molecule has 0 saturated heterocycles. The summed E-state index contributed by atoms with van der Waals surface area (Å²) in [6, 6.07) is 17.9. The van der Waals surface area contributed by atoms with Gasteiger partial charge in [0, 0.05) is 12.6 Å². The number of carbonyl (C=O) groups excluding carboxylic acids is 1. The standard InChI is InChI=1S/C20H26N2O.ClH/c1-15(2)12-16-8-10-17(11-9-16)13-20(23)22-14-19(21)18-6-4-3-5-7-18;/h3-11,15,19H,12-14,21H2,1-2H3,(H,22,23);1H. The smallest absolute Gasteiger partial charge is 0.224 e. The van der Waals surface area contributed by atoms with Crippen LogP contribution in [0.15, 0.2) is 54.6 Å². The molecular formula is C20H27ClN2O. The summed E-state index contributed by atoms with van der Waals surface area (Å²) in [4.78, 5) is 12.0. The van der Waals surface area contributed by atoms with E-state index in [1.807, 2.05) is 42.5 Å². The molecule has 0 aliphatic heterocycles. The van der Waals surface area contributed by atoms with Crippen molar-refractivity contribution in [1.82, 2.24) is 5.32 Å². The van der Waals surface area contributed by atoms with E-state index in [9.17, 15) is 4.79 Å². The average Bonchev–Trinajstić information content (AvgIpc) is 2.55. The highest BCUT2D eigenvalue weighted by molar-refractivity contribution is 5.85. The lowest BCUT2D eigenvalue weighted by Crippen LogP contribution is -2.32. The molecule has 1 unspecified atom stereocenters. The highest BCUT2D eigenvalue weighted by Gasteiger charge is 2.08. The maximum Gasteiger partial charge on any atom is 0.224 e. The molecule has 0 spiro atoms. The monoisotopic (exact) mass is 346 g/mol. The van der Waals surface area contributed by atoms with Crippen molar-refractivity contribution in [1.29, 1.82) is 0 Å². The van der Waals surface area contributed by atoms with Gasteiger partial charge in [-0.25, -0.2) is 0 Å². The predicted octanol–water partition coefficient (Wildman–Crippen LogP) is 3.67. The number of hydrogen-bond donors (Lipinski definition) is 2. The second-order valence-corrected chi connectivity index (χ2v) is 6.41. The van der Waals surface area contributed by atoms with Gasteiger partial charge in [-0.3, -0.25) is 4.79 Å². The number of carbonyl (C=O) groups is 1. The fourth-order valence-electron chi connectivity index (χ4n) is 2.55. The Hall–Kier alpha value is -1.84. The molecular weight excluding hydrogens is 320 g/mol. The number of halogens is 1. The van der Waals surface area contributed by atoms with Crippen LogP contribution in [0.1, 0.15) is 36.6 Å². The van der Waals surface area contributed by atoms with Crippen molar-refractivity contribution in [2.45, 2.75) is 32.7 Å².